The molecule has 0 saturated carbocycles. The van der Waals surface area contributed by atoms with Crippen molar-refractivity contribution in [1.29, 1.82) is 0 Å². The molecule has 2 N–H and O–H groups in total. The summed E-state index contributed by atoms with van der Waals surface area (Å²) in [7, 11) is 0.687. The van der Waals surface area contributed by atoms with Crippen LogP contribution in [-0.2, 0) is 22.6 Å². The van der Waals surface area contributed by atoms with Crippen LogP contribution in [0.1, 0.15) is 46.4 Å². The van der Waals surface area contributed by atoms with Gasteiger partial charge in [0.25, 0.3) is 0 Å². The number of ether oxygens (including phenoxy) is 1. The molecule has 1 amide bonds. The van der Waals surface area contributed by atoms with E-state index in [0.29, 0.717) is 41.3 Å². The highest BCUT2D eigenvalue weighted by atomic mass is 35.5. The van der Waals surface area contributed by atoms with Crippen LogP contribution in [0.4, 0.5) is 0 Å². The van der Waals surface area contributed by atoms with Crippen molar-refractivity contribution in [2.24, 2.45) is 4.99 Å². The summed E-state index contributed by atoms with van der Waals surface area (Å²) < 4.78 is 12.7. The zero-order valence-corrected chi connectivity index (χ0v) is 22.1. The Balaban J connectivity index is 1.34. The van der Waals surface area contributed by atoms with E-state index in [1.54, 1.807) is 7.11 Å². The fraction of sp³-hybridized carbons (Fsp3) is 0.214. The van der Waals surface area contributed by atoms with Crippen molar-refractivity contribution in [1.82, 2.24) is 20.1 Å². The van der Waals surface area contributed by atoms with Crippen molar-refractivity contribution in [3.05, 3.63) is 99.6 Å². The standard InChI is InChI=1S/C28H25BClN5O4/c1-16-33-34-28-24(13-26(36)31-14-17-3-4-19-15-39-29(37)23(19)11-17)32-27(18-5-7-20(30)8-6-18)22-12-21(38-2)9-10-25(22)35(16)28/h3-12,24,37H,13-15H2,1-2H3,(H,31,36)/t24-/m0/s1. The average Bonchev–Trinajstić information content (AvgIpc) is 3.48. The van der Waals surface area contributed by atoms with Crippen LogP contribution in [0.3, 0.4) is 0 Å². The number of aromatic nitrogens is 3. The van der Waals surface area contributed by atoms with Gasteiger partial charge in [0.05, 0.1) is 31.5 Å². The van der Waals surface area contributed by atoms with Gasteiger partial charge in [0.1, 0.15) is 17.6 Å². The highest BCUT2D eigenvalue weighted by Crippen LogP contribution is 2.34. The molecule has 0 unspecified atom stereocenters. The van der Waals surface area contributed by atoms with Crippen LogP contribution in [0.25, 0.3) is 5.69 Å². The van der Waals surface area contributed by atoms with E-state index in [1.807, 2.05) is 72.2 Å². The first-order chi connectivity index (χ1) is 18.9. The van der Waals surface area contributed by atoms with E-state index in [-0.39, 0.29) is 12.3 Å². The fourth-order valence-corrected chi connectivity index (χ4v) is 5.13. The molecule has 1 aromatic heterocycles. The number of nitrogens with zero attached hydrogens (tertiary/aromatic N) is 4. The fourth-order valence-electron chi connectivity index (χ4n) is 5.00. The largest absolute Gasteiger partial charge is 0.497 e. The summed E-state index contributed by atoms with van der Waals surface area (Å²) in [5.74, 6) is 1.76. The zero-order chi connectivity index (χ0) is 27.1. The molecule has 9 nitrogen and oxygen atoms in total. The number of halogens is 1. The number of rotatable bonds is 6. The molecule has 0 spiro atoms. The molecule has 0 aliphatic carbocycles. The van der Waals surface area contributed by atoms with Crippen molar-refractivity contribution in [3.8, 4) is 11.4 Å². The van der Waals surface area contributed by atoms with Crippen LogP contribution in [0.2, 0.25) is 5.02 Å². The number of nitrogens with one attached hydrogen (secondary N) is 1. The molecular weight excluding hydrogens is 517 g/mol. The molecule has 2 aliphatic rings. The van der Waals surface area contributed by atoms with Gasteiger partial charge in [-0.15, -0.1) is 10.2 Å². The minimum absolute atomic E-state index is 0.0665. The normalized spacial score (nSPS) is 15.6. The predicted octanol–water partition coefficient (Wildman–Crippen LogP) is 3.05. The average molecular weight is 542 g/mol. The number of methoxy groups -OCH3 is 1. The summed E-state index contributed by atoms with van der Waals surface area (Å²) in [5, 5.41) is 22.4. The molecule has 0 saturated heterocycles. The topological polar surface area (TPSA) is 111 Å². The Labute approximate surface area is 230 Å². The van der Waals surface area contributed by atoms with Gasteiger partial charge in [-0.3, -0.25) is 14.4 Å². The Hall–Kier alpha value is -3.99. The van der Waals surface area contributed by atoms with Gasteiger partial charge in [0, 0.05) is 22.7 Å². The number of amides is 1. The van der Waals surface area contributed by atoms with E-state index >= 15 is 0 Å². The van der Waals surface area contributed by atoms with Crippen molar-refractivity contribution in [2.75, 3.05) is 7.11 Å². The summed E-state index contributed by atoms with van der Waals surface area (Å²) in [6.07, 6.45) is 0.0665. The molecule has 11 heteroatoms. The first-order valence-corrected chi connectivity index (χ1v) is 12.9. The smallest absolute Gasteiger partial charge is 0.491 e. The Kier molecular flexibility index (Phi) is 6.68. The molecule has 0 bridgehead atoms. The Morgan fingerprint density at radius 3 is 2.79 bits per heavy atom. The number of hydrogen-bond donors (Lipinski definition) is 2. The molecule has 4 aromatic rings. The van der Waals surface area contributed by atoms with Gasteiger partial charge in [-0.2, -0.15) is 0 Å². The van der Waals surface area contributed by atoms with E-state index < -0.39 is 13.2 Å². The lowest BCUT2D eigenvalue weighted by Gasteiger charge is -2.14. The maximum Gasteiger partial charge on any atom is 0.491 e. The first-order valence-electron chi connectivity index (χ1n) is 12.5. The minimum atomic E-state index is -0.933. The van der Waals surface area contributed by atoms with Gasteiger partial charge in [0.2, 0.25) is 5.91 Å². The monoisotopic (exact) mass is 541 g/mol. The highest BCUT2D eigenvalue weighted by molar-refractivity contribution is 6.61. The minimum Gasteiger partial charge on any atom is -0.497 e. The predicted molar refractivity (Wildman–Crippen MR) is 148 cm³/mol. The van der Waals surface area contributed by atoms with Crippen LogP contribution >= 0.6 is 11.6 Å². The summed E-state index contributed by atoms with van der Waals surface area (Å²) in [6, 6.07) is 18.3. The van der Waals surface area contributed by atoms with Crippen LogP contribution in [0.5, 0.6) is 5.75 Å². The third-order valence-electron chi connectivity index (χ3n) is 6.99. The third-order valence-corrected chi connectivity index (χ3v) is 7.24. The third kappa shape index (κ3) is 4.82. The number of aryl methyl sites for hydroxylation is 1. The van der Waals surface area contributed by atoms with Gasteiger partial charge in [-0.05, 0) is 53.8 Å². The lowest BCUT2D eigenvalue weighted by Crippen LogP contribution is -2.30. The van der Waals surface area contributed by atoms with E-state index in [0.717, 1.165) is 33.4 Å². The lowest BCUT2D eigenvalue weighted by atomic mass is 9.79. The highest BCUT2D eigenvalue weighted by Gasteiger charge is 2.30. The van der Waals surface area contributed by atoms with E-state index in [9.17, 15) is 9.82 Å². The van der Waals surface area contributed by atoms with Crippen molar-refractivity contribution >= 4 is 35.8 Å². The number of carbonyl (C=O) groups excluding carboxylic acids is 1. The van der Waals surface area contributed by atoms with E-state index in [1.165, 1.54) is 0 Å². The zero-order valence-electron chi connectivity index (χ0n) is 21.4. The van der Waals surface area contributed by atoms with Crippen LogP contribution in [-0.4, -0.2) is 45.6 Å². The molecule has 2 aliphatic heterocycles. The second kappa shape index (κ2) is 10.3. The maximum atomic E-state index is 13.2. The molecule has 196 valence electrons. The first kappa shape index (κ1) is 25.3. The molecular formula is C28H25BClN5O4. The summed E-state index contributed by atoms with van der Waals surface area (Å²) in [6.45, 7) is 2.57. The second-order valence-electron chi connectivity index (χ2n) is 9.50. The number of aliphatic imine (C=N–C) groups is 1. The SMILES string of the molecule is COc1ccc2c(c1)C(c1ccc(Cl)cc1)=N[C@@H](CC(=O)NCc1ccc3c(c1)B(O)OC3)c1nnc(C)n1-2. The quantitative estimate of drug-likeness (QED) is 0.363. The summed E-state index contributed by atoms with van der Waals surface area (Å²) >= 11 is 6.17. The van der Waals surface area contributed by atoms with Gasteiger partial charge in [0.15, 0.2) is 5.82 Å². The van der Waals surface area contributed by atoms with Gasteiger partial charge in [-0.1, -0.05) is 41.9 Å². The number of benzene rings is 3. The summed E-state index contributed by atoms with van der Waals surface area (Å²) in [5.41, 5.74) is 5.80. The van der Waals surface area contributed by atoms with Gasteiger partial charge < -0.3 is 19.7 Å². The molecule has 1 atom stereocenters. The van der Waals surface area contributed by atoms with Gasteiger partial charge >= 0.3 is 7.12 Å². The van der Waals surface area contributed by atoms with E-state index in [2.05, 4.69) is 15.5 Å². The Morgan fingerprint density at radius 2 is 2.00 bits per heavy atom. The molecule has 0 fully saturated rings. The number of carbonyl (C=O) groups is 1. The van der Waals surface area contributed by atoms with Crippen LogP contribution < -0.4 is 15.5 Å². The van der Waals surface area contributed by atoms with Crippen molar-refractivity contribution in [2.45, 2.75) is 32.5 Å². The van der Waals surface area contributed by atoms with Crippen LogP contribution in [0.15, 0.2) is 65.7 Å². The Morgan fingerprint density at radius 1 is 1.18 bits per heavy atom. The molecule has 3 aromatic carbocycles. The van der Waals surface area contributed by atoms with Crippen LogP contribution in [0, 0.1) is 6.92 Å². The molecule has 3 heterocycles. The maximum absolute atomic E-state index is 13.2. The van der Waals surface area contributed by atoms with Crippen molar-refractivity contribution < 1.29 is 19.2 Å². The van der Waals surface area contributed by atoms with E-state index in [4.69, 9.17) is 26.0 Å². The second-order valence-corrected chi connectivity index (χ2v) is 9.94. The molecule has 39 heavy (non-hydrogen) atoms. The molecule has 6 rings (SSSR count). The summed E-state index contributed by atoms with van der Waals surface area (Å²) in [4.78, 5) is 18.3. The van der Waals surface area contributed by atoms with Gasteiger partial charge in [-0.25, -0.2) is 0 Å². The Bertz CT molecular complexity index is 1600. The van der Waals surface area contributed by atoms with Crippen molar-refractivity contribution in [3.63, 3.8) is 0 Å². The number of fused-ring (bicyclic) bond motifs is 4. The molecule has 0 radical (unpaired) electrons. The lowest BCUT2D eigenvalue weighted by molar-refractivity contribution is -0.121. The number of hydrogen-bond acceptors (Lipinski definition) is 7.